The van der Waals surface area contributed by atoms with Crippen LogP contribution in [0, 0.1) is 0 Å². The lowest BCUT2D eigenvalue weighted by Gasteiger charge is -2.09. The Hall–Kier alpha value is -2.98. The fourth-order valence-corrected chi connectivity index (χ4v) is 1.95. The third-order valence-electron chi connectivity index (χ3n) is 2.86. The fourth-order valence-electron chi connectivity index (χ4n) is 1.95. The molecule has 0 amide bonds. The monoisotopic (exact) mass is 322 g/mol. The van der Waals surface area contributed by atoms with Crippen LogP contribution in [0.1, 0.15) is 10.4 Å². The minimum Gasteiger partial charge on any atom is -0.478 e. The summed E-state index contributed by atoms with van der Waals surface area (Å²) in [5.41, 5.74) is 0.294. The number of aromatic nitrogens is 4. The van der Waals surface area contributed by atoms with Crippen LogP contribution in [0.5, 0.6) is 5.75 Å². The van der Waals surface area contributed by atoms with Gasteiger partial charge in [-0.25, -0.2) is 14.5 Å². The Balaban J connectivity index is 2.04. The van der Waals surface area contributed by atoms with Crippen molar-refractivity contribution in [3.05, 3.63) is 30.1 Å². The van der Waals surface area contributed by atoms with Crippen LogP contribution >= 0.6 is 0 Å². The highest BCUT2D eigenvalue weighted by molar-refractivity contribution is 6.38. The quantitative estimate of drug-likeness (QED) is 0.706. The van der Waals surface area contributed by atoms with Gasteiger partial charge in [0.2, 0.25) is 5.95 Å². The molecule has 0 bridgehead atoms. The molecule has 0 aliphatic carbocycles. The maximum atomic E-state index is 12.3. The van der Waals surface area contributed by atoms with Crippen molar-refractivity contribution in [3.63, 3.8) is 0 Å². The summed E-state index contributed by atoms with van der Waals surface area (Å²) < 4.78 is 41.7. The molecule has 7 nitrogen and oxygen atoms in total. The normalized spacial score (nSPS) is 11.8. The highest BCUT2D eigenvalue weighted by atomic mass is 19.4. The Morgan fingerprint density at radius 1 is 1.39 bits per heavy atom. The van der Waals surface area contributed by atoms with E-state index < -0.39 is 18.1 Å². The predicted molar refractivity (Wildman–Crippen MR) is 72.2 cm³/mol. The maximum Gasteiger partial charge on any atom is 0.573 e. The molecule has 0 saturated heterocycles. The van der Waals surface area contributed by atoms with Crippen LogP contribution in [-0.2, 0) is 0 Å². The molecule has 0 fully saturated rings. The Morgan fingerprint density at radius 3 is 2.74 bits per heavy atom. The Morgan fingerprint density at radius 2 is 2.13 bits per heavy atom. The van der Waals surface area contributed by atoms with Crippen LogP contribution in [0.3, 0.4) is 0 Å². The molecule has 1 aromatic carbocycles. The topological polar surface area (TPSA) is 93.0 Å². The molecular formula is C12H6BF3N4O3. The molecule has 2 aromatic heterocycles. The molecule has 116 valence electrons. The van der Waals surface area contributed by atoms with Crippen LogP contribution in [0.4, 0.5) is 13.2 Å². The van der Waals surface area contributed by atoms with Gasteiger partial charge in [-0.3, -0.25) is 0 Å². The summed E-state index contributed by atoms with van der Waals surface area (Å²) in [5.74, 6) is -1.57. The van der Waals surface area contributed by atoms with Crippen LogP contribution in [0.25, 0.3) is 17.0 Å². The third kappa shape index (κ3) is 2.98. The molecule has 2 N–H and O–H groups in total. The van der Waals surface area contributed by atoms with Crippen LogP contribution in [0.2, 0.25) is 0 Å². The summed E-state index contributed by atoms with van der Waals surface area (Å²) in [4.78, 5) is 17.6. The Bertz CT molecular complexity index is 903. The van der Waals surface area contributed by atoms with Crippen molar-refractivity contribution < 1.29 is 27.8 Å². The number of H-pyrrole nitrogens is 1. The third-order valence-corrected chi connectivity index (χ3v) is 2.86. The number of alkyl halides is 3. The molecule has 0 aliphatic heterocycles. The number of nitrogens with zero attached hydrogens (tertiary/aromatic N) is 3. The average Bonchev–Trinajstić information content (AvgIpc) is 3.01. The summed E-state index contributed by atoms with van der Waals surface area (Å²) >= 11 is 0. The lowest BCUT2D eigenvalue weighted by molar-refractivity contribution is -0.274. The fraction of sp³-hybridized carbons (Fsp3) is 0.0833. The second-order valence-corrected chi connectivity index (χ2v) is 4.50. The smallest absolute Gasteiger partial charge is 0.478 e. The van der Waals surface area contributed by atoms with Gasteiger partial charge in [0.25, 0.3) is 0 Å². The van der Waals surface area contributed by atoms with E-state index in [4.69, 9.17) is 13.0 Å². The Labute approximate surface area is 127 Å². The van der Waals surface area contributed by atoms with Crippen LogP contribution < -0.4 is 10.2 Å². The molecule has 0 saturated carbocycles. The zero-order valence-electron chi connectivity index (χ0n) is 11.1. The van der Waals surface area contributed by atoms with E-state index in [2.05, 4.69) is 19.8 Å². The minimum atomic E-state index is -4.85. The van der Waals surface area contributed by atoms with Gasteiger partial charge in [-0.1, -0.05) is 5.46 Å². The number of aromatic amines is 1. The lowest BCUT2D eigenvalue weighted by Crippen LogP contribution is -2.18. The van der Waals surface area contributed by atoms with Crippen molar-refractivity contribution in [1.29, 1.82) is 0 Å². The number of hydrogen-bond acceptors (Lipinski definition) is 4. The van der Waals surface area contributed by atoms with Gasteiger partial charge in [0.15, 0.2) is 0 Å². The number of ether oxygens (including phenoxy) is 1. The highest BCUT2D eigenvalue weighted by Gasteiger charge is 2.31. The molecule has 0 spiro atoms. The van der Waals surface area contributed by atoms with Gasteiger partial charge < -0.3 is 14.8 Å². The molecule has 2 heterocycles. The second kappa shape index (κ2) is 5.04. The number of carboxylic acid groups (broad SMARTS) is 1. The van der Waals surface area contributed by atoms with Gasteiger partial charge in [-0.05, 0) is 6.07 Å². The highest BCUT2D eigenvalue weighted by Crippen LogP contribution is 2.25. The second-order valence-electron chi connectivity index (χ2n) is 4.50. The van der Waals surface area contributed by atoms with E-state index in [1.807, 2.05) is 0 Å². The zero-order valence-corrected chi connectivity index (χ0v) is 11.1. The van der Waals surface area contributed by atoms with Gasteiger partial charge in [0, 0.05) is 12.3 Å². The molecule has 3 rings (SSSR count). The number of rotatable bonds is 3. The number of carboxylic acids is 1. The van der Waals surface area contributed by atoms with E-state index in [9.17, 15) is 18.0 Å². The minimum absolute atomic E-state index is 0.0325. The van der Waals surface area contributed by atoms with Gasteiger partial charge in [0.05, 0.1) is 22.8 Å². The number of halogens is 3. The van der Waals surface area contributed by atoms with E-state index in [-0.39, 0.29) is 28.0 Å². The molecule has 11 heteroatoms. The number of carbonyl (C=O) groups is 1. The van der Waals surface area contributed by atoms with E-state index >= 15 is 0 Å². The van der Waals surface area contributed by atoms with Gasteiger partial charge in [-0.15, -0.1) is 13.2 Å². The first-order chi connectivity index (χ1) is 10.7. The molecule has 23 heavy (non-hydrogen) atoms. The van der Waals surface area contributed by atoms with Crippen molar-refractivity contribution >= 4 is 30.3 Å². The first-order valence-electron chi connectivity index (χ1n) is 6.06. The van der Waals surface area contributed by atoms with Crippen molar-refractivity contribution in [1.82, 2.24) is 19.7 Å². The number of aromatic carboxylic acids is 1. The number of fused-ring (bicyclic) bond motifs is 1. The molecule has 0 aliphatic rings. The van der Waals surface area contributed by atoms with E-state index in [1.54, 1.807) is 0 Å². The summed E-state index contributed by atoms with van der Waals surface area (Å²) in [5, 5.41) is 12.7. The first kappa shape index (κ1) is 14.9. The summed E-state index contributed by atoms with van der Waals surface area (Å²) in [6.07, 6.45) is -2.54. The SMILES string of the molecule is [B]c1cc(OC(F)(F)F)cc2[nH]c(-n3cc(C(=O)O)cn3)nc12. The van der Waals surface area contributed by atoms with Crippen molar-refractivity contribution in [3.8, 4) is 11.7 Å². The van der Waals surface area contributed by atoms with E-state index in [0.29, 0.717) is 0 Å². The van der Waals surface area contributed by atoms with Gasteiger partial charge in [-0.2, -0.15) is 5.10 Å². The van der Waals surface area contributed by atoms with Gasteiger partial charge >= 0.3 is 12.3 Å². The van der Waals surface area contributed by atoms with E-state index in [1.165, 1.54) is 6.20 Å². The maximum absolute atomic E-state index is 12.3. The number of hydrogen-bond donors (Lipinski definition) is 2. The first-order valence-corrected chi connectivity index (χ1v) is 6.06. The predicted octanol–water partition coefficient (Wildman–Crippen LogP) is 1.14. The Kier molecular flexibility index (Phi) is 3.27. The largest absolute Gasteiger partial charge is 0.573 e. The van der Waals surface area contributed by atoms with E-state index in [0.717, 1.165) is 23.0 Å². The summed E-state index contributed by atoms with van der Waals surface area (Å²) in [7, 11) is 5.67. The molecule has 0 unspecified atom stereocenters. The van der Waals surface area contributed by atoms with Crippen molar-refractivity contribution in [2.24, 2.45) is 0 Å². The van der Waals surface area contributed by atoms with Crippen molar-refractivity contribution in [2.45, 2.75) is 6.36 Å². The zero-order chi connectivity index (χ0) is 16.8. The van der Waals surface area contributed by atoms with Crippen LogP contribution in [0.15, 0.2) is 24.5 Å². The molecule has 3 aromatic rings. The average molecular weight is 322 g/mol. The summed E-state index contributed by atoms with van der Waals surface area (Å²) in [6.45, 7) is 0. The lowest BCUT2D eigenvalue weighted by atomic mass is 9.94. The summed E-state index contributed by atoms with van der Waals surface area (Å²) in [6, 6.07) is 2.07. The van der Waals surface area contributed by atoms with Gasteiger partial charge in [0.1, 0.15) is 13.6 Å². The number of imidazole rings is 1. The molecule has 0 atom stereocenters. The molecule has 2 radical (unpaired) electrons. The van der Waals surface area contributed by atoms with Crippen molar-refractivity contribution in [2.75, 3.05) is 0 Å². The number of nitrogens with one attached hydrogen (secondary N) is 1. The van der Waals surface area contributed by atoms with Crippen LogP contribution in [-0.4, -0.2) is 45.0 Å². The molecular weight excluding hydrogens is 316 g/mol. The standard InChI is InChI=1S/C12H6BF3N4O3/c13-7-1-6(23-12(14,15)16)2-8-9(7)19-11(18-8)20-4-5(3-17-20)10(21)22/h1-4H,(H,18,19)(H,21,22). The number of benzene rings is 1.